The number of nitrogens with two attached hydrogens (primary N) is 1. The normalized spacial score (nSPS) is 24.6. The first-order chi connectivity index (χ1) is 10.1. The Bertz CT molecular complexity index is 552. The minimum absolute atomic E-state index is 0.0695. The summed E-state index contributed by atoms with van der Waals surface area (Å²) in [5.74, 6) is 0.905. The zero-order valence-electron chi connectivity index (χ0n) is 12.3. The van der Waals surface area contributed by atoms with Gasteiger partial charge in [-0.3, -0.25) is 0 Å². The largest absolute Gasteiger partial charge is 0.490 e. The molecular formula is C16H22N2O3. The summed E-state index contributed by atoms with van der Waals surface area (Å²) in [4.78, 5) is 0. The van der Waals surface area contributed by atoms with Gasteiger partial charge in [-0.25, -0.2) is 0 Å². The van der Waals surface area contributed by atoms with Gasteiger partial charge in [0.2, 0.25) is 0 Å². The predicted molar refractivity (Wildman–Crippen MR) is 79.9 cm³/mol. The number of oxime groups is 1. The molecule has 0 aromatic heterocycles. The Labute approximate surface area is 124 Å². The number of amidine groups is 1. The number of aryl methyl sites for hydroxylation is 1. The van der Waals surface area contributed by atoms with E-state index in [-0.39, 0.29) is 17.5 Å². The van der Waals surface area contributed by atoms with Gasteiger partial charge in [-0.05, 0) is 37.8 Å². The summed E-state index contributed by atoms with van der Waals surface area (Å²) in [7, 11) is 0. The van der Waals surface area contributed by atoms with Crippen molar-refractivity contribution in [2.45, 2.75) is 50.7 Å². The fourth-order valence-corrected chi connectivity index (χ4v) is 3.13. The monoisotopic (exact) mass is 290 g/mol. The number of benzene rings is 1. The highest BCUT2D eigenvalue weighted by atomic mass is 16.5. The summed E-state index contributed by atoms with van der Waals surface area (Å²) in [6, 6.07) is 5.60. The van der Waals surface area contributed by atoms with Crippen LogP contribution in [0, 0.1) is 6.92 Å². The molecule has 1 spiro atoms. The zero-order valence-corrected chi connectivity index (χ0v) is 12.3. The summed E-state index contributed by atoms with van der Waals surface area (Å²) >= 11 is 0. The van der Waals surface area contributed by atoms with Crippen LogP contribution in [0.2, 0.25) is 0 Å². The van der Waals surface area contributed by atoms with Crippen LogP contribution in [0.3, 0.4) is 0 Å². The van der Waals surface area contributed by atoms with E-state index < -0.39 is 0 Å². The van der Waals surface area contributed by atoms with Crippen molar-refractivity contribution in [1.29, 1.82) is 0 Å². The average Bonchev–Trinajstić information content (AvgIpc) is 2.47. The molecule has 1 atom stereocenters. The molecule has 1 aromatic carbocycles. The highest BCUT2D eigenvalue weighted by Crippen LogP contribution is 2.43. The third kappa shape index (κ3) is 2.83. The first-order valence-corrected chi connectivity index (χ1v) is 7.51. The summed E-state index contributed by atoms with van der Waals surface area (Å²) < 4.78 is 12.1. The number of hydrogen-bond acceptors (Lipinski definition) is 4. The van der Waals surface area contributed by atoms with Crippen LogP contribution in [0.15, 0.2) is 23.4 Å². The van der Waals surface area contributed by atoms with Crippen LogP contribution in [0.1, 0.15) is 43.2 Å². The fraction of sp³-hybridized carbons (Fsp3) is 0.562. The van der Waals surface area contributed by atoms with Gasteiger partial charge in [-0.2, -0.15) is 0 Å². The lowest BCUT2D eigenvalue weighted by molar-refractivity contribution is -0.153. The van der Waals surface area contributed by atoms with Crippen molar-refractivity contribution in [2.75, 3.05) is 6.61 Å². The third-order valence-corrected chi connectivity index (χ3v) is 4.60. The van der Waals surface area contributed by atoms with E-state index >= 15 is 0 Å². The molecule has 1 unspecified atom stereocenters. The smallest absolute Gasteiger partial charge is 0.170 e. The maximum Gasteiger partial charge on any atom is 0.170 e. The van der Waals surface area contributed by atoms with Gasteiger partial charge in [0.15, 0.2) is 5.84 Å². The molecule has 2 aliphatic rings. The van der Waals surface area contributed by atoms with Crippen LogP contribution in [-0.2, 0) is 4.74 Å². The number of ether oxygens (including phenoxy) is 2. The molecule has 0 amide bonds. The molecule has 3 rings (SSSR count). The lowest BCUT2D eigenvalue weighted by Gasteiger charge is -2.47. The molecule has 1 heterocycles. The molecule has 5 nitrogen and oxygen atoms in total. The SMILES string of the molecule is Cc1ccc(/C(N)=N/O)cc1OC1CCOC2(CCC2)C1. The van der Waals surface area contributed by atoms with Crippen molar-refractivity contribution < 1.29 is 14.7 Å². The van der Waals surface area contributed by atoms with Crippen LogP contribution in [-0.4, -0.2) is 29.4 Å². The number of rotatable bonds is 3. The molecule has 1 aliphatic carbocycles. The zero-order chi connectivity index (χ0) is 14.9. The lowest BCUT2D eigenvalue weighted by atomic mass is 9.74. The van der Waals surface area contributed by atoms with E-state index in [1.807, 2.05) is 25.1 Å². The van der Waals surface area contributed by atoms with Gasteiger partial charge in [0.1, 0.15) is 11.9 Å². The van der Waals surface area contributed by atoms with E-state index in [2.05, 4.69) is 5.16 Å². The van der Waals surface area contributed by atoms with Crippen molar-refractivity contribution >= 4 is 5.84 Å². The van der Waals surface area contributed by atoms with Gasteiger partial charge < -0.3 is 20.4 Å². The Morgan fingerprint density at radius 2 is 2.29 bits per heavy atom. The molecule has 1 aromatic rings. The van der Waals surface area contributed by atoms with E-state index in [0.717, 1.165) is 43.6 Å². The molecule has 21 heavy (non-hydrogen) atoms. The van der Waals surface area contributed by atoms with Crippen molar-refractivity contribution in [3.05, 3.63) is 29.3 Å². The van der Waals surface area contributed by atoms with Gasteiger partial charge in [-0.1, -0.05) is 17.3 Å². The fourth-order valence-electron chi connectivity index (χ4n) is 3.13. The van der Waals surface area contributed by atoms with Gasteiger partial charge in [0.25, 0.3) is 0 Å². The second kappa shape index (κ2) is 5.56. The molecule has 1 saturated carbocycles. The molecule has 0 bridgehead atoms. The Morgan fingerprint density at radius 1 is 1.48 bits per heavy atom. The van der Waals surface area contributed by atoms with Gasteiger partial charge >= 0.3 is 0 Å². The summed E-state index contributed by atoms with van der Waals surface area (Å²) in [6.07, 6.45) is 5.60. The van der Waals surface area contributed by atoms with Crippen molar-refractivity contribution in [2.24, 2.45) is 10.9 Å². The first kappa shape index (κ1) is 14.2. The van der Waals surface area contributed by atoms with E-state index in [9.17, 15) is 0 Å². The van der Waals surface area contributed by atoms with E-state index in [4.69, 9.17) is 20.4 Å². The quantitative estimate of drug-likeness (QED) is 0.388. The molecule has 0 radical (unpaired) electrons. The van der Waals surface area contributed by atoms with Gasteiger partial charge in [0, 0.05) is 18.4 Å². The van der Waals surface area contributed by atoms with Crippen LogP contribution in [0.5, 0.6) is 5.75 Å². The number of nitrogens with zero attached hydrogens (tertiary/aromatic N) is 1. The van der Waals surface area contributed by atoms with Crippen LogP contribution in [0.25, 0.3) is 0 Å². The highest BCUT2D eigenvalue weighted by Gasteiger charge is 2.43. The Balaban J connectivity index is 1.74. The molecular weight excluding hydrogens is 268 g/mol. The molecule has 1 saturated heterocycles. The molecule has 3 N–H and O–H groups in total. The standard InChI is InChI=1S/C16H22N2O3/c1-11-3-4-12(15(17)18-19)9-14(11)21-13-5-8-20-16(10-13)6-2-7-16/h3-4,9,13,19H,2,5-8,10H2,1H3,(H2,17,18). The molecule has 114 valence electrons. The van der Waals surface area contributed by atoms with Crippen molar-refractivity contribution in [3.8, 4) is 5.75 Å². The predicted octanol–water partition coefficient (Wildman–Crippen LogP) is 2.57. The Kier molecular flexibility index (Phi) is 3.76. The van der Waals surface area contributed by atoms with Crippen molar-refractivity contribution in [1.82, 2.24) is 0 Å². The van der Waals surface area contributed by atoms with Crippen LogP contribution >= 0.6 is 0 Å². The minimum Gasteiger partial charge on any atom is -0.490 e. The minimum atomic E-state index is 0.0695. The molecule has 2 fully saturated rings. The molecule has 5 heteroatoms. The van der Waals surface area contributed by atoms with E-state index in [1.165, 1.54) is 6.42 Å². The van der Waals surface area contributed by atoms with E-state index in [0.29, 0.717) is 5.56 Å². The maximum absolute atomic E-state index is 8.78. The highest BCUT2D eigenvalue weighted by molar-refractivity contribution is 5.97. The Hall–Kier alpha value is -1.75. The summed E-state index contributed by atoms with van der Waals surface area (Å²) in [5, 5.41) is 11.8. The van der Waals surface area contributed by atoms with Gasteiger partial charge in [0.05, 0.1) is 12.2 Å². The molecule has 1 aliphatic heterocycles. The third-order valence-electron chi connectivity index (χ3n) is 4.60. The number of hydrogen-bond donors (Lipinski definition) is 2. The second-order valence-corrected chi connectivity index (χ2v) is 6.08. The van der Waals surface area contributed by atoms with Crippen molar-refractivity contribution in [3.63, 3.8) is 0 Å². The maximum atomic E-state index is 8.78. The topological polar surface area (TPSA) is 77.1 Å². The van der Waals surface area contributed by atoms with Crippen LogP contribution < -0.4 is 10.5 Å². The lowest BCUT2D eigenvalue weighted by Crippen LogP contribution is -2.48. The second-order valence-electron chi connectivity index (χ2n) is 6.08. The van der Waals surface area contributed by atoms with E-state index in [1.54, 1.807) is 0 Å². The average molecular weight is 290 g/mol. The van der Waals surface area contributed by atoms with Gasteiger partial charge in [-0.15, -0.1) is 0 Å². The Morgan fingerprint density at radius 3 is 2.95 bits per heavy atom. The summed E-state index contributed by atoms with van der Waals surface area (Å²) in [5.41, 5.74) is 7.44. The first-order valence-electron chi connectivity index (χ1n) is 7.51. The van der Waals surface area contributed by atoms with Crippen LogP contribution in [0.4, 0.5) is 0 Å². The summed E-state index contributed by atoms with van der Waals surface area (Å²) in [6.45, 7) is 2.77.